The molecule has 0 aliphatic carbocycles. The summed E-state index contributed by atoms with van der Waals surface area (Å²) in [5.41, 5.74) is 0.689. The fourth-order valence-corrected chi connectivity index (χ4v) is 4.23. The Morgan fingerprint density at radius 2 is 1.91 bits per heavy atom. The molecular formula is C25H19ClF2N4O2. The quantitative estimate of drug-likeness (QED) is 0.501. The summed E-state index contributed by atoms with van der Waals surface area (Å²) in [7, 11) is 0. The van der Waals surface area contributed by atoms with Crippen molar-refractivity contribution in [2.45, 2.75) is 25.7 Å². The highest BCUT2D eigenvalue weighted by molar-refractivity contribution is 6.29. The van der Waals surface area contributed by atoms with Crippen molar-refractivity contribution >= 4 is 29.0 Å². The van der Waals surface area contributed by atoms with Crippen LogP contribution < -0.4 is 4.90 Å². The minimum absolute atomic E-state index is 0.00391. The number of nitrogens with zero attached hydrogens (tertiary/aromatic N) is 4. The number of halogens is 3. The van der Waals surface area contributed by atoms with Gasteiger partial charge in [-0.2, -0.15) is 5.26 Å². The lowest BCUT2D eigenvalue weighted by atomic mass is 9.90. The number of rotatable bonds is 6. The first kappa shape index (κ1) is 23.5. The lowest BCUT2D eigenvalue weighted by molar-refractivity contribution is -0.128. The Morgan fingerprint density at radius 3 is 2.65 bits per heavy atom. The SMILES string of the molecule is N#Cc1ccccc1-c1ccc(N2CCC[C@@H](CC(=O)Cc3cnc(Cl)cn3)C2=O)c(F)c1F. The van der Waals surface area contributed by atoms with Gasteiger partial charge in [-0.05, 0) is 31.0 Å². The van der Waals surface area contributed by atoms with E-state index in [4.69, 9.17) is 11.6 Å². The maximum Gasteiger partial charge on any atom is 0.230 e. The minimum Gasteiger partial charge on any atom is -0.309 e. The average molecular weight is 481 g/mol. The van der Waals surface area contributed by atoms with Crippen LogP contribution in [0, 0.1) is 28.9 Å². The Bertz CT molecular complexity index is 1290. The van der Waals surface area contributed by atoms with Crippen LogP contribution in [0.25, 0.3) is 11.1 Å². The molecule has 172 valence electrons. The van der Waals surface area contributed by atoms with Gasteiger partial charge in [-0.25, -0.2) is 13.8 Å². The number of amides is 1. The first-order valence-corrected chi connectivity index (χ1v) is 11.0. The van der Waals surface area contributed by atoms with Gasteiger partial charge in [-0.15, -0.1) is 0 Å². The zero-order chi connectivity index (χ0) is 24.2. The van der Waals surface area contributed by atoms with Crippen molar-refractivity contribution < 1.29 is 18.4 Å². The number of ketones is 1. The summed E-state index contributed by atoms with van der Waals surface area (Å²) in [6.07, 6.45) is 3.74. The molecule has 0 saturated carbocycles. The van der Waals surface area contributed by atoms with Crippen LogP contribution in [0.2, 0.25) is 5.15 Å². The van der Waals surface area contributed by atoms with Gasteiger partial charge in [-0.1, -0.05) is 29.8 Å². The Kier molecular flexibility index (Phi) is 6.94. The molecule has 1 aromatic heterocycles. The average Bonchev–Trinajstić information content (AvgIpc) is 2.84. The number of aromatic nitrogens is 2. The van der Waals surface area contributed by atoms with Crippen molar-refractivity contribution in [3.05, 3.63) is 76.8 Å². The van der Waals surface area contributed by atoms with Gasteiger partial charge in [0.25, 0.3) is 0 Å². The highest BCUT2D eigenvalue weighted by atomic mass is 35.5. The Labute approximate surface area is 199 Å². The fourth-order valence-electron chi connectivity index (χ4n) is 4.13. The monoisotopic (exact) mass is 480 g/mol. The molecule has 1 saturated heterocycles. The predicted octanol–water partition coefficient (Wildman–Crippen LogP) is 4.89. The maximum absolute atomic E-state index is 15.1. The molecule has 6 nitrogen and oxygen atoms in total. The zero-order valence-corrected chi connectivity index (χ0v) is 18.7. The second-order valence-electron chi connectivity index (χ2n) is 8.00. The van der Waals surface area contributed by atoms with E-state index in [1.165, 1.54) is 41.6 Å². The standard InChI is InChI=1S/C25H19ClF2N4O2/c26-22-14-30-17(13-31-22)11-18(33)10-15-5-3-9-32(25(15)34)21-8-7-20(23(27)24(21)28)19-6-2-1-4-16(19)12-29/h1-2,4,6-8,13-15H,3,5,9-11H2/t15-/m0/s1. The van der Waals surface area contributed by atoms with Crippen molar-refractivity contribution in [1.82, 2.24) is 9.97 Å². The number of nitriles is 1. The molecule has 1 aliphatic heterocycles. The van der Waals surface area contributed by atoms with Crippen molar-refractivity contribution in [2.75, 3.05) is 11.4 Å². The van der Waals surface area contributed by atoms with Crippen LogP contribution in [-0.2, 0) is 16.0 Å². The fraction of sp³-hybridized carbons (Fsp3) is 0.240. The number of piperidine rings is 1. The minimum atomic E-state index is -1.16. The van der Waals surface area contributed by atoms with Gasteiger partial charge < -0.3 is 4.90 Å². The molecule has 0 N–H and O–H groups in total. The summed E-state index contributed by atoms with van der Waals surface area (Å²) in [6.45, 7) is 0.219. The summed E-state index contributed by atoms with van der Waals surface area (Å²) in [6, 6.07) is 11.0. The largest absolute Gasteiger partial charge is 0.309 e. The second-order valence-corrected chi connectivity index (χ2v) is 8.38. The molecular weight excluding hydrogens is 462 g/mol. The van der Waals surface area contributed by atoms with E-state index in [0.29, 0.717) is 18.5 Å². The molecule has 1 aliphatic rings. The molecule has 1 atom stereocenters. The molecule has 3 aromatic rings. The zero-order valence-electron chi connectivity index (χ0n) is 18.0. The van der Waals surface area contributed by atoms with Crippen molar-refractivity contribution in [2.24, 2.45) is 5.92 Å². The number of benzene rings is 2. The van der Waals surface area contributed by atoms with Crippen LogP contribution in [0.5, 0.6) is 0 Å². The molecule has 0 unspecified atom stereocenters. The van der Waals surface area contributed by atoms with Gasteiger partial charge in [0.2, 0.25) is 5.91 Å². The topological polar surface area (TPSA) is 86.9 Å². The van der Waals surface area contributed by atoms with E-state index in [1.807, 2.05) is 6.07 Å². The van der Waals surface area contributed by atoms with E-state index in [9.17, 15) is 14.9 Å². The van der Waals surface area contributed by atoms with Gasteiger partial charge in [0.15, 0.2) is 11.6 Å². The normalized spacial score (nSPS) is 15.8. The van der Waals surface area contributed by atoms with Crippen molar-refractivity contribution in [3.63, 3.8) is 0 Å². The molecule has 2 heterocycles. The molecule has 2 aromatic carbocycles. The van der Waals surface area contributed by atoms with Gasteiger partial charge >= 0.3 is 0 Å². The van der Waals surface area contributed by atoms with E-state index >= 15 is 8.78 Å². The molecule has 9 heteroatoms. The summed E-state index contributed by atoms with van der Waals surface area (Å²) >= 11 is 5.70. The number of hydrogen-bond acceptors (Lipinski definition) is 5. The maximum atomic E-state index is 15.1. The third-order valence-electron chi connectivity index (χ3n) is 5.77. The first-order chi connectivity index (χ1) is 16.4. The van der Waals surface area contributed by atoms with Crippen LogP contribution in [0.1, 0.15) is 30.5 Å². The van der Waals surface area contributed by atoms with Gasteiger partial charge in [0.05, 0.1) is 41.8 Å². The summed E-state index contributed by atoms with van der Waals surface area (Å²) in [5, 5.41) is 9.49. The number of carbonyl (C=O) groups is 2. The number of Topliss-reactive ketones (excluding diaryl/α,β-unsaturated/α-hetero) is 1. The van der Waals surface area contributed by atoms with E-state index in [0.717, 1.165) is 0 Å². The molecule has 34 heavy (non-hydrogen) atoms. The third-order valence-corrected chi connectivity index (χ3v) is 5.96. The molecule has 0 radical (unpaired) electrons. The van der Waals surface area contributed by atoms with Gasteiger partial charge in [-0.3, -0.25) is 14.6 Å². The van der Waals surface area contributed by atoms with Crippen LogP contribution in [0.3, 0.4) is 0 Å². The van der Waals surface area contributed by atoms with Crippen LogP contribution >= 0.6 is 11.6 Å². The molecule has 0 spiro atoms. The predicted molar refractivity (Wildman–Crippen MR) is 122 cm³/mol. The van der Waals surface area contributed by atoms with Crippen molar-refractivity contribution in [1.29, 1.82) is 5.26 Å². The summed E-state index contributed by atoms with van der Waals surface area (Å²) < 4.78 is 30.1. The van der Waals surface area contributed by atoms with Gasteiger partial charge in [0.1, 0.15) is 10.9 Å². The Hall–Kier alpha value is -3.70. The molecule has 4 rings (SSSR count). The van der Waals surface area contributed by atoms with Crippen molar-refractivity contribution in [3.8, 4) is 17.2 Å². The number of hydrogen-bond donors (Lipinski definition) is 0. The lowest BCUT2D eigenvalue weighted by Gasteiger charge is -2.32. The third kappa shape index (κ3) is 4.80. The number of anilines is 1. The van der Waals surface area contributed by atoms with Gasteiger partial charge in [0, 0.05) is 30.0 Å². The number of carbonyl (C=O) groups excluding carboxylic acids is 2. The van der Waals surface area contributed by atoms with E-state index in [-0.39, 0.29) is 52.7 Å². The smallest absolute Gasteiger partial charge is 0.230 e. The molecule has 0 bridgehead atoms. The second kappa shape index (κ2) is 10.1. The first-order valence-electron chi connectivity index (χ1n) is 10.7. The van der Waals surface area contributed by atoms with E-state index in [1.54, 1.807) is 12.1 Å². The van der Waals surface area contributed by atoms with Crippen LogP contribution in [-0.4, -0.2) is 28.2 Å². The van der Waals surface area contributed by atoms with E-state index in [2.05, 4.69) is 9.97 Å². The van der Waals surface area contributed by atoms with Crippen LogP contribution in [0.15, 0.2) is 48.8 Å². The highest BCUT2D eigenvalue weighted by Gasteiger charge is 2.33. The Morgan fingerprint density at radius 1 is 1.12 bits per heavy atom. The summed E-state index contributed by atoms with van der Waals surface area (Å²) in [5.74, 6) is -3.56. The Balaban J connectivity index is 1.53. The van der Waals surface area contributed by atoms with Crippen LogP contribution in [0.4, 0.5) is 14.5 Å². The lowest BCUT2D eigenvalue weighted by Crippen LogP contribution is -2.42. The van der Waals surface area contributed by atoms with E-state index < -0.39 is 23.5 Å². The summed E-state index contributed by atoms with van der Waals surface area (Å²) in [4.78, 5) is 34.7. The molecule has 1 fully saturated rings. The molecule has 1 amide bonds. The highest BCUT2D eigenvalue weighted by Crippen LogP contribution is 2.34.